The Balaban J connectivity index is 1.46. The molecule has 3 nitrogen and oxygen atoms in total. The maximum absolute atomic E-state index is 9.83. The molecule has 1 aromatic carbocycles. The molecule has 2 fully saturated rings. The van der Waals surface area contributed by atoms with Crippen LogP contribution >= 0.6 is 0 Å². The summed E-state index contributed by atoms with van der Waals surface area (Å²) < 4.78 is 5.94. The van der Waals surface area contributed by atoms with Crippen LogP contribution in [0.5, 0.6) is 5.75 Å². The Morgan fingerprint density at radius 2 is 1.90 bits per heavy atom. The molecule has 0 spiro atoms. The number of hydrogen-bond acceptors (Lipinski definition) is 3. The molecule has 3 heteroatoms. The van der Waals surface area contributed by atoms with E-state index in [-0.39, 0.29) is 6.10 Å². The van der Waals surface area contributed by atoms with Gasteiger partial charge in [-0.1, -0.05) is 12.1 Å². The average Bonchev–Trinajstić information content (AvgIpc) is 2.69. The Morgan fingerprint density at radius 1 is 1.19 bits per heavy atom. The second-order valence-electron chi connectivity index (χ2n) is 6.72. The summed E-state index contributed by atoms with van der Waals surface area (Å²) in [6, 6.07) is 7.59. The van der Waals surface area contributed by atoms with E-state index in [1.165, 1.54) is 24.0 Å². The Bertz CT molecular complexity index is 474. The summed E-state index contributed by atoms with van der Waals surface area (Å²) >= 11 is 0. The molecule has 2 aliphatic heterocycles. The van der Waals surface area contributed by atoms with Gasteiger partial charge in [-0.2, -0.15) is 0 Å². The van der Waals surface area contributed by atoms with Crippen molar-refractivity contribution in [3.8, 4) is 5.75 Å². The van der Waals surface area contributed by atoms with Crippen LogP contribution in [-0.4, -0.2) is 41.3 Å². The van der Waals surface area contributed by atoms with Gasteiger partial charge in [-0.25, -0.2) is 0 Å². The third kappa shape index (κ3) is 3.41. The quantitative estimate of drug-likeness (QED) is 0.846. The van der Waals surface area contributed by atoms with Gasteiger partial charge in [-0.05, 0) is 63.1 Å². The lowest BCUT2D eigenvalue weighted by atomic mass is 10.00. The molecule has 0 aliphatic carbocycles. The van der Waals surface area contributed by atoms with Crippen LogP contribution in [-0.2, 0) is 0 Å². The van der Waals surface area contributed by atoms with Crippen molar-refractivity contribution < 1.29 is 9.84 Å². The first kappa shape index (κ1) is 14.9. The predicted octanol–water partition coefficient (Wildman–Crippen LogP) is 3.06. The van der Waals surface area contributed by atoms with Crippen molar-refractivity contribution in [2.75, 3.05) is 13.2 Å². The fraction of sp³-hybridized carbons (Fsp3) is 0.667. The molecule has 2 aliphatic rings. The first-order valence-corrected chi connectivity index (χ1v) is 8.27. The molecular formula is C18H27NO2. The molecule has 3 rings (SSSR count). The van der Waals surface area contributed by atoms with Crippen molar-refractivity contribution in [1.29, 1.82) is 0 Å². The van der Waals surface area contributed by atoms with Crippen LogP contribution in [0.4, 0.5) is 0 Å². The Morgan fingerprint density at radius 3 is 2.62 bits per heavy atom. The number of rotatable bonds is 5. The predicted molar refractivity (Wildman–Crippen MR) is 84.8 cm³/mol. The lowest BCUT2D eigenvalue weighted by molar-refractivity contribution is 0.0331. The normalized spacial score (nSPS) is 28.8. The Kier molecular flexibility index (Phi) is 4.51. The van der Waals surface area contributed by atoms with E-state index in [1.54, 1.807) is 0 Å². The van der Waals surface area contributed by atoms with Crippen molar-refractivity contribution in [2.24, 2.45) is 0 Å². The van der Waals surface area contributed by atoms with Crippen molar-refractivity contribution >= 4 is 0 Å². The first-order chi connectivity index (χ1) is 10.1. The summed E-state index contributed by atoms with van der Waals surface area (Å²) in [6.07, 6.45) is 5.46. The standard InChI is InChI=1S/C18H27NO2/c1-13-4-5-14(2)18(10-13)21-9-3-8-19-15-6-7-16(19)12-17(20)11-15/h4-5,10,15-17,20H,3,6-9,11-12H2,1-2H3. The van der Waals surface area contributed by atoms with E-state index in [0.717, 1.165) is 38.2 Å². The molecule has 2 bridgehead atoms. The van der Waals surface area contributed by atoms with Crippen LogP contribution in [0.1, 0.15) is 43.2 Å². The molecule has 0 radical (unpaired) electrons. The highest BCUT2D eigenvalue weighted by atomic mass is 16.5. The highest BCUT2D eigenvalue weighted by Gasteiger charge is 2.39. The van der Waals surface area contributed by atoms with Crippen molar-refractivity contribution in [1.82, 2.24) is 4.90 Å². The third-order valence-corrected chi connectivity index (χ3v) is 5.02. The summed E-state index contributed by atoms with van der Waals surface area (Å²) in [4.78, 5) is 2.61. The average molecular weight is 289 g/mol. The largest absolute Gasteiger partial charge is 0.493 e. The maximum Gasteiger partial charge on any atom is 0.122 e. The lowest BCUT2D eigenvalue weighted by Gasteiger charge is -2.37. The fourth-order valence-electron chi connectivity index (χ4n) is 3.90. The number of nitrogens with zero attached hydrogens (tertiary/aromatic N) is 1. The van der Waals surface area contributed by atoms with Gasteiger partial charge < -0.3 is 9.84 Å². The van der Waals surface area contributed by atoms with Crippen LogP contribution in [0.2, 0.25) is 0 Å². The minimum atomic E-state index is -0.0649. The van der Waals surface area contributed by atoms with Gasteiger partial charge in [0.2, 0.25) is 0 Å². The number of fused-ring (bicyclic) bond motifs is 2. The highest BCUT2D eigenvalue weighted by Crippen LogP contribution is 2.35. The van der Waals surface area contributed by atoms with E-state index >= 15 is 0 Å². The molecule has 116 valence electrons. The first-order valence-electron chi connectivity index (χ1n) is 8.27. The molecular weight excluding hydrogens is 262 g/mol. The molecule has 21 heavy (non-hydrogen) atoms. The van der Waals surface area contributed by atoms with Crippen LogP contribution < -0.4 is 4.74 Å². The monoisotopic (exact) mass is 289 g/mol. The van der Waals surface area contributed by atoms with Gasteiger partial charge in [-0.15, -0.1) is 0 Å². The second-order valence-corrected chi connectivity index (χ2v) is 6.72. The number of aliphatic hydroxyl groups is 1. The van der Waals surface area contributed by atoms with Gasteiger partial charge in [0.25, 0.3) is 0 Å². The lowest BCUT2D eigenvalue weighted by Crippen LogP contribution is -2.45. The third-order valence-electron chi connectivity index (χ3n) is 5.02. The molecule has 0 amide bonds. The summed E-state index contributed by atoms with van der Waals surface area (Å²) in [5, 5.41) is 9.83. The molecule has 0 aromatic heterocycles. The molecule has 1 N–H and O–H groups in total. The number of hydrogen-bond donors (Lipinski definition) is 1. The molecule has 2 heterocycles. The van der Waals surface area contributed by atoms with Crippen LogP contribution in [0.3, 0.4) is 0 Å². The maximum atomic E-state index is 9.83. The molecule has 2 saturated heterocycles. The highest BCUT2D eigenvalue weighted by molar-refractivity contribution is 5.35. The van der Waals surface area contributed by atoms with E-state index in [0.29, 0.717) is 12.1 Å². The Hall–Kier alpha value is -1.06. The van der Waals surface area contributed by atoms with E-state index in [2.05, 4.69) is 36.9 Å². The van der Waals surface area contributed by atoms with Gasteiger partial charge in [-0.3, -0.25) is 4.90 Å². The number of piperidine rings is 1. The number of ether oxygens (including phenoxy) is 1. The van der Waals surface area contributed by atoms with E-state index in [4.69, 9.17) is 4.74 Å². The van der Waals surface area contributed by atoms with Crippen LogP contribution in [0, 0.1) is 13.8 Å². The van der Waals surface area contributed by atoms with Crippen LogP contribution in [0.25, 0.3) is 0 Å². The van der Waals surface area contributed by atoms with Crippen molar-refractivity contribution in [3.63, 3.8) is 0 Å². The van der Waals surface area contributed by atoms with Crippen molar-refractivity contribution in [3.05, 3.63) is 29.3 Å². The smallest absolute Gasteiger partial charge is 0.122 e. The van der Waals surface area contributed by atoms with Gasteiger partial charge >= 0.3 is 0 Å². The summed E-state index contributed by atoms with van der Waals surface area (Å²) in [6.45, 7) is 6.08. The summed E-state index contributed by atoms with van der Waals surface area (Å²) in [7, 11) is 0. The SMILES string of the molecule is Cc1ccc(C)c(OCCCN2C3CCC2CC(O)C3)c1. The van der Waals surface area contributed by atoms with E-state index in [1.807, 2.05) is 0 Å². The van der Waals surface area contributed by atoms with E-state index < -0.39 is 0 Å². The minimum absolute atomic E-state index is 0.0649. The van der Waals surface area contributed by atoms with Gasteiger partial charge in [0.15, 0.2) is 0 Å². The van der Waals surface area contributed by atoms with Crippen molar-refractivity contribution in [2.45, 2.75) is 64.1 Å². The number of aliphatic hydroxyl groups excluding tert-OH is 1. The zero-order valence-electron chi connectivity index (χ0n) is 13.2. The fourth-order valence-corrected chi connectivity index (χ4v) is 3.90. The van der Waals surface area contributed by atoms with Gasteiger partial charge in [0, 0.05) is 18.6 Å². The summed E-state index contributed by atoms with van der Waals surface area (Å²) in [5.74, 6) is 1.02. The van der Waals surface area contributed by atoms with Crippen LogP contribution in [0.15, 0.2) is 18.2 Å². The van der Waals surface area contributed by atoms with E-state index in [9.17, 15) is 5.11 Å². The Labute approximate surface area is 127 Å². The molecule has 0 saturated carbocycles. The molecule has 2 atom stereocenters. The minimum Gasteiger partial charge on any atom is -0.493 e. The van der Waals surface area contributed by atoms with Gasteiger partial charge in [0.05, 0.1) is 12.7 Å². The van der Waals surface area contributed by atoms with Gasteiger partial charge in [0.1, 0.15) is 5.75 Å². The zero-order valence-corrected chi connectivity index (χ0v) is 13.2. The molecule has 2 unspecified atom stereocenters. The summed E-state index contributed by atoms with van der Waals surface area (Å²) in [5.41, 5.74) is 2.46. The zero-order chi connectivity index (χ0) is 14.8. The molecule has 1 aromatic rings. The number of benzene rings is 1. The topological polar surface area (TPSA) is 32.7 Å². The number of aryl methyl sites for hydroxylation is 2. The second kappa shape index (κ2) is 6.37.